The van der Waals surface area contributed by atoms with Crippen LogP contribution in [0.4, 0.5) is 0 Å². The summed E-state index contributed by atoms with van der Waals surface area (Å²) in [7, 11) is 0. The minimum atomic E-state index is 1.17. The highest BCUT2D eigenvalue weighted by Gasteiger charge is 1.96. The molecule has 2 rings (SSSR count). The Morgan fingerprint density at radius 2 is 2.09 bits per heavy atom. The molecule has 0 atom stereocenters. The number of aromatic nitrogens is 2. The second kappa shape index (κ2) is 2.09. The Bertz CT molecular complexity index is 387. The van der Waals surface area contributed by atoms with Crippen LogP contribution in [0.15, 0.2) is 24.4 Å². The first kappa shape index (κ1) is 6.40. The Morgan fingerprint density at radius 1 is 1.27 bits per heavy atom. The van der Waals surface area contributed by atoms with Crippen LogP contribution in [-0.2, 0) is 0 Å². The number of fused-ring (bicyclic) bond motifs is 1. The Kier molecular flexibility index (Phi) is 1.22. The van der Waals surface area contributed by atoms with Crippen LogP contribution in [0.1, 0.15) is 11.3 Å². The molecule has 2 heterocycles. The van der Waals surface area contributed by atoms with Gasteiger partial charge in [0.25, 0.3) is 0 Å². The lowest BCUT2D eigenvalue weighted by Gasteiger charge is -1.99. The van der Waals surface area contributed by atoms with Crippen LogP contribution < -0.4 is 0 Å². The number of hydrogen-bond acceptors (Lipinski definition) is 1. The van der Waals surface area contributed by atoms with Gasteiger partial charge in [0, 0.05) is 11.9 Å². The van der Waals surface area contributed by atoms with E-state index in [4.69, 9.17) is 0 Å². The largest absolute Gasteiger partial charge is 0.238 e. The number of pyridine rings is 1. The highest BCUT2D eigenvalue weighted by molar-refractivity contribution is 5.48. The first-order valence-electron chi connectivity index (χ1n) is 3.68. The van der Waals surface area contributed by atoms with Gasteiger partial charge in [-0.15, -0.1) is 0 Å². The molecule has 0 saturated heterocycles. The maximum atomic E-state index is 4.18. The molecule has 56 valence electrons. The van der Waals surface area contributed by atoms with Crippen LogP contribution in [0.25, 0.3) is 5.52 Å². The predicted molar refractivity (Wildman–Crippen MR) is 44.7 cm³/mol. The number of nitrogens with zero attached hydrogens (tertiary/aromatic N) is 2. The van der Waals surface area contributed by atoms with Gasteiger partial charge in [-0.3, -0.25) is 0 Å². The van der Waals surface area contributed by atoms with Crippen molar-refractivity contribution in [3.8, 4) is 0 Å². The first-order chi connectivity index (χ1) is 5.27. The summed E-state index contributed by atoms with van der Waals surface area (Å²) in [6.07, 6.45) is 1.82. The molecule has 2 aromatic rings. The molecule has 0 aliphatic rings. The van der Waals surface area contributed by atoms with Crippen molar-refractivity contribution in [3.63, 3.8) is 0 Å². The normalized spacial score (nSPS) is 10.7. The number of aryl methyl sites for hydroxylation is 2. The SMILES string of the molecule is Cc1cc(C)n2nccc2c1. The first-order valence-corrected chi connectivity index (χ1v) is 3.68. The second-order valence-corrected chi connectivity index (χ2v) is 2.84. The third-order valence-corrected chi connectivity index (χ3v) is 1.82. The summed E-state index contributed by atoms with van der Waals surface area (Å²) >= 11 is 0. The van der Waals surface area contributed by atoms with Gasteiger partial charge in [0.15, 0.2) is 0 Å². The number of rotatable bonds is 0. The smallest absolute Gasteiger partial charge is 0.0667 e. The molecule has 0 fully saturated rings. The van der Waals surface area contributed by atoms with E-state index in [2.05, 4.69) is 31.1 Å². The van der Waals surface area contributed by atoms with Gasteiger partial charge in [-0.05, 0) is 37.6 Å². The van der Waals surface area contributed by atoms with E-state index in [9.17, 15) is 0 Å². The molecule has 0 amide bonds. The fourth-order valence-electron chi connectivity index (χ4n) is 1.38. The van der Waals surface area contributed by atoms with E-state index < -0.39 is 0 Å². The molecule has 0 aliphatic heterocycles. The Morgan fingerprint density at radius 3 is 2.91 bits per heavy atom. The molecule has 2 nitrogen and oxygen atoms in total. The Balaban J connectivity index is 2.91. The summed E-state index contributed by atoms with van der Waals surface area (Å²) in [6.45, 7) is 4.16. The fourth-order valence-corrected chi connectivity index (χ4v) is 1.38. The van der Waals surface area contributed by atoms with Crippen molar-refractivity contribution >= 4 is 5.52 Å². The zero-order valence-electron chi connectivity index (χ0n) is 6.70. The molecule has 0 spiro atoms. The van der Waals surface area contributed by atoms with Crippen LogP contribution in [0.2, 0.25) is 0 Å². The van der Waals surface area contributed by atoms with Crippen LogP contribution >= 0.6 is 0 Å². The highest BCUT2D eigenvalue weighted by Crippen LogP contribution is 2.08. The zero-order valence-corrected chi connectivity index (χ0v) is 6.70. The zero-order chi connectivity index (χ0) is 7.84. The van der Waals surface area contributed by atoms with E-state index in [1.165, 1.54) is 16.8 Å². The van der Waals surface area contributed by atoms with Crippen LogP contribution in [-0.4, -0.2) is 9.61 Å². The molecular weight excluding hydrogens is 136 g/mol. The van der Waals surface area contributed by atoms with Gasteiger partial charge >= 0.3 is 0 Å². The summed E-state index contributed by atoms with van der Waals surface area (Å²) in [6, 6.07) is 6.26. The molecule has 0 aromatic carbocycles. The quantitative estimate of drug-likeness (QED) is 0.555. The number of hydrogen-bond donors (Lipinski definition) is 0. The molecule has 0 unspecified atom stereocenters. The molecule has 0 saturated carbocycles. The van der Waals surface area contributed by atoms with E-state index in [0.29, 0.717) is 0 Å². The second-order valence-electron chi connectivity index (χ2n) is 2.84. The molecule has 0 bridgehead atoms. The molecule has 2 aromatic heterocycles. The molecule has 2 heteroatoms. The standard InChI is InChI=1S/C9H10N2/c1-7-5-8(2)11-9(6-7)3-4-10-11/h3-6H,1-2H3. The Labute approximate surface area is 65.5 Å². The van der Waals surface area contributed by atoms with Crippen molar-refractivity contribution < 1.29 is 0 Å². The van der Waals surface area contributed by atoms with Crippen molar-refractivity contribution in [1.82, 2.24) is 9.61 Å². The van der Waals surface area contributed by atoms with Crippen molar-refractivity contribution in [2.24, 2.45) is 0 Å². The van der Waals surface area contributed by atoms with Gasteiger partial charge in [-0.2, -0.15) is 5.10 Å². The average Bonchev–Trinajstić information content (AvgIpc) is 2.34. The van der Waals surface area contributed by atoms with Gasteiger partial charge < -0.3 is 0 Å². The third kappa shape index (κ3) is 0.909. The lowest BCUT2D eigenvalue weighted by atomic mass is 10.2. The highest BCUT2D eigenvalue weighted by atomic mass is 15.2. The Hall–Kier alpha value is -1.31. The molecule has 0 aliphatic carbocycles. The van der Waals surface area contributed by atoms with E-state index >= 15 is 0 Å². The predicted octanol–water partition coefficient (Wildman–Crippen LogP) is 1.95. The van der Waals surface area contributed by atoms with Crippen LogP contribution in [0, 0.1) is 13.8 Å². The van der Waals surface area contributed by atoms with Crippen molar-refractivity contribution in [3.05, 3.63) is 35.7 Å². The van der Waals surface area contributed by atoms with Crippen LogP contribution in [0.3, 0.4) is 0 Å². The van der Waals surface area contributed by atoms with Gasteiger partial charge in [-0.25, -0.2) is 4.52 Å². The van der Waals surface area contributed by atoms with Gasteiger partial charge in [0.2, 0.25) is 0 Å². The lowest BCUT2D eigenvalue weighted by molar-refractivity contribution is 0.911. The van der Waals surface area contributed by atoms with E-state index in [1.54, 1.807) is 0 Å². The van der Waals surface area contributed by atoms with E-state index in [0.717, 1.165) is 0 Å². The summed E-state index contributed by atoms with van der Waals surface area (Å²) in [5, 5.41) is 4.18. The molecular formula is C9H10N2. The summed E-state index contributed by atoms with van der Waals surface area (Å²) in [5.41, 5.74) is 3.64. The summed E-state index contributed by atoms with van der Waals surface area (Å²) in [5.74, 6) is 0. The van der Waals surface area contributed by atoms with Crippen molar-refractivity contribution in [2.75, 3.05) is 0 Å². The molecule has 0 radical (unpaired) electrons. The monoisotopic (exact) mass is 146 g/mol. The summed E-state index contributed by atoms with van der Waals surface area (Å²) < 4.78 is 1.94. The van der Waals surface area contributed by atoms with Gasteiger partial charge in [0.05, 0.1) is 5.52 Å². The van der Waals surface area contributed by atoms with E-state index in [1.807, 2.05) is 16.8 Å². The summed E-state index contributed by atoms with van der Waals surface area (Å²) in [4.78, 5) is 0. The van der Waals surface area contributed by atoms with Gasteiger partial charge in [-0.1, -0.05) is 0 Å². The van der Waals surface area contributed by atoms with Crippen LogP contribution in [0.5, 0.6) is 0 Å². The maximum absolute atomic E-state index is 4.18. The third-order valence-electron chi connectivity index (χ3n) is 1.82. The fraction of sp³-hybridized carbons (Fsp3) is 0.222. The van der Waals surface area contributed by atoms with Crippen molar-refractivity contribution in [1.29, 1.82) is 0 Å². The van der Waals surface area contributed by atoms with Gasteiger partial charge in [0.1, 0.15) is 0 Å². The molecule has 11 heavy (non-hydrogen) atoms. The van der Waals surface area contributed by atoms with E-state index in [-0.39, 0.29) is 0 Å². The van der Waals surface area contributed by atoms with Crippen molar-refractivity contribution in [2.45, 2.75) is 13.8 Å². The lowest BCUT2D eigenvalue weighted by Crippen LogP contribution is -1.92. The molecule has 0 N–H and O–H groups in total. The minimum absolute atomic E-state index is 1.17. The average molecular weight is 146 g/mol. The maximum Gasteiger partial charge on any atom is 0.0667 e. The topological polar surface area (TPSA) is 17.3 Å². The minimum Gasteiger partial charge on any atom is -0.238 e.